The summed E-state index contributed by atoms with van der Waals surface area (Å²) in [6.07, 6.45) is 3.24. The lowest BCUT2D eigenvalue weighted by Crippen LogP contribution is -2.31. The fourth-order valence-corrected chi connectivity index (χ4v) is 3.36. The number of hydrogen-bond acceptors (Lipinski definition) is 2. The van der Waals surface area contributed by atoms with Crippen LogP contribution in [0.4, 0.5) is 4.39 Å². The van der Waals surface area contributed by atoms with Gasteiger partial charge < -0.3 is 9.84 Å². The summed E-state index contributed by atoms with van der Waals surface area (Å²) in [4.78, 5) is 0. The molecular weight excluding hydrogens is 255 g/mol. The van der Waals surface area contributed by atoms with Gasteiger partial charge in [-0.3, -0.25) is 0 Å². The van der Waals surface area contributed by atoms with Gasteiger partial charge in [-0.1, -0.05) is 23.7 Å². The molecule has 0 spiro atoms. The number of rotatable bonds is 3. The van der Waals surface area contributed by atoms with Gasteiger partial charge in [0.2, 0.25) is 0 Å². The van der Waals surface area contributed by atoms with Gasteiger partial charge in [0, 0.05) is 12.3 Å². The van der Waals surface area contributed by atoms with Crippen molar-refractivity contribution in [3.05, 3.63) is 34.6 Å². The molecule has 0 amide bonds. The van der Waals surface area contributed by atoms with Crippen LogP contribution in [0.1, 0.15) is 24.8 Å². The molecule has 2 heterocycles. The number of hydrogen-bond donors (Lipinski definition) is 1. The minimum absolute atomic E-state index is 0.115. The molecule has 4 atom stereocenters. The number of ether oxygens (including phenoxy) is 1. The van der Waals surface area contributed by atoms with Gasteiger partial charge >= 0.3 is 0 Å². The van der Waals surface area contributed by atoms with Crippen LogP contribution in [0.25, 0.3) is 0 Å². The Labute approximate surface area is 111 Å². The molecule has 18 heavy (non-hydrogen) atoms. The van der Waals surface area contributed by atoms with Crippen LogP contribution in [0.2, 0.25) is 5.02 Å². The van der Waals surface area contributed by atoms with Gasteiger partial charge in [-0.05, 0) is 30.9 Å². The van der Waals surface area contributed by atoms with Crippen molar-refractivity contribution in [2.75, 3.05) is 0 Å². The van der Waals surface area contributed by atoms with E-state index in [9.17, 15) is 9.50 Å². The van der Waals surface area contributed by atoms with Crippen LogP contribution in [0.5, 0.6) is 0 Å². The summed E-state index contributed by atoms with van der Waals surface area (Å²) in [6.45, 7) is 0. The van der Waals surface area contributed by atoms with Crippen LogP contribution in [0, 0.1) is 11.7 Å². The van der Waals surface area contributed by atoms with Crippen molar-refractivity contribution in [3.8, 4) is 0 Å². The van der Waals surface area contributed by atoms with Crippen molar-refractivity contribution in [1.82, 2.24) is 0 Å². The Morgan fingerprint density at radius 3 is 2.94 bits per heavy atom. The van der Waals surface area contributed by atoms with E-state index in [4.69, 9.17) is 16.3 Å². The normalized spacial score (nSPS) is 31.8. The molecule has 2 nitrogen and oxygen atoms in total. The molecule has 3 rings (SSSR count). The van der Waals surface area contributed by atoms with E-state index in [1.807, 2.05) is 0 Å². The molecule has 98 valence electrons. The highest BCUT2D eigenvalue weighted by Crippen LogP contribution is 2.41. The summed E-state index contributed by atoms with van der Waals surface area (Å²) >= 11 is 5.74. The Morgan fingerprint density at radius 1 is 1.44 bits per heavy atom. The minimum atomic E-state index is -0.548. The summed E-state index contributed by atoms with van der Waals surface area (Å²) < 4.78 is 19.5. The summed E-state index contributed by atoms with van der Waals surface area (Å²) in [7, 11) is 0. The van der Waals surface area contributed by atoms with Gasteiger partial charge in [0.25, 0.3) is 0 Å². The van der Waals surface area contributed by atoms with Crippen molar-refractivity contribution >= 4 is 11.6 Å². The third-order valence-corrected chi connectivity index (χ3v) is 4.40. The smallest absolute Gasteiger partial charge is 0.145 e. The molecule has 0 saturated carbocycles. The molecule has 2 aliphatic heterocycles. The van der Waals surface area contributed by atoms with E-state index in [0.717, 1.165) is 19.3 Å². The van der Waals surface area contributed by atoms with E-state index >= 15 is 0 Å². The van der Waals surface area contributed by atoms with E-state index in [-0.39, 0.29) is 17.0 Å². The zero-order valence-electron chi connectivity index (χ0n) is 9.98. The second-order valence-electron chi connectivity index (χ2n) is 5.26. The third-order valence-electron chi connectivity index (χ3n) is 4.11. The maximum absolute atomic E-state index is 13.8. The van der Waals surface area contributed by atoms with Crippen molar-refractivity contribution in [2.45, 2.75) is 44.0 Å². The highest BCUT2D eigenvalue weighted by atomic mass is 35.5. The fraction of sp³-hybridized carbons (Fsp3) is 0.571. The highest BCUT2D eigenvalue weighted by Gasteiger charge is 2.43. The second-order valence-corrected chi connectivity index (χ2v) is 5.67. The molecular formula is C14H16ClFO2. The fourth-order valence-electron chi connectivity index (χ4n) is 3.16. The maximum Gasteiger partial charge on any atom is 0.145 e. The molecule has 2 fully saturated rings. The Balaban J connectivity index is 1.71. The van der Waals surface area contributed by atoms with Crippen LogP contribution in [-0.4, -0.2) is 23.4 Å². The lowest BCUT2D eigenvalue weighted by molar-refractivity contribution is 0.0428. The van der Waals surface area contributed by atoms with E-state index in [0.29, 0.717) is 18.1 Å². The molecule has 0 aromatic heterocycles. The lowest BCUT2D eigenvalue weighted by atomic mass is 9.83. The molecule has 1 aromatic rings. The van der Waals surface area contributed by atoms with E-state index in [2.05, 4.69) is 0 Å². The van der Waals surface area contributed by atoms with Gasteiger partial charge in [0.05, 0.1) is 23.3 Å². The lowest BCUT2D eigenvalue weighted by Gasteiger charge is -2.24. The quantitative estimate of drug-likeness (QED) is 0.915. The highest BCUT2D eigenvalue weighted by molar-refractivity contribution is 6.30. The van der Waals surface area contributed by atoms with E-state index in [1.165, 1.54) is 6.07 Å². The number of aliphatic hydroxyl groups excluding tert-OH is 1. The van der Waals surface area contributed by atoms with Crippen molar-refractivity contribution in [3.63, 3.8) is 0 Å². The van der Waals surface area contributed by atoms with Crippen LogP contribution in [0.3, 0.4) is 0 Å². The summed E-state index contributed by atoms with van der Waals surface area (Å²) in [5.74, 6) is -0.274. The first kappa shape index (κ1) is 12.4. The van der Waals surface area contributed by atoms with Crippen molar-refractivity contribution in [1.29, 1.82) is 0 Å². The molecule has 1 N–H and O–H groups in total. The molecule has 2 bridgehead atoms. The largest absolute Gasteiger partial charge is 0.392 e. The summed E-state index contributed by atoms with van der Waals surface area (Å²) in [5, 5.41) is 10.4. The van der Waals surface area contributed by atoms with E-state index < -0.39 is 11.9 Å². The standard InChI is InChI=1S/C14H16ClFO2/c15-11-3-1-2-8(14(11)16)6-12(17)10-7-9-4-5-13(10)18-9/h1-3,9-10,12-13,17H,4-7H2. The first-order valence-electron chi connectivity index (χ1n) is 6.41. The third kappa shape index (κ3) is 2.15. The Bertz CT molecular complexity index is 451. The van der Waals surface area contributed by atoms with Crippen LogP contribution in [-0.2, 0) is 11.2 Å². The molecule has 2 saturated heterocycles. The Morgan fingerprint density at radius 2 is 2.28 bits per heavy atom. The average molecular weight is 271 g/mol. The molecule has 0 radical (unpaired) electrons. The predicted molar refractivity (Wildman–Crippen MR) is 67.1 cm³/mol. The van der Waals surface area contributed by atoms with Gasteiger partial charge in [0.1, 0.15) is 5.82 Å². The van der Waals surface area contributed by atoms with Crippen LogP contribution < -0.4 is 0 Å². The van der Waals surface area contributed by atoms with Gasteiger partial charge in [-0.15, -0.1) is 0 Å². The SMILES string of the molecule is OC(Cc1cccc(Cl)c1F)C1CC2CCC1O2. The predicted octanol–water partition coefficient (Wildman–Crippen LogP) is 2.95. The number of halogens is 2. The van der Waals surface area contributed by atoms with Crippen molar-refractivity contribution < 1.29 is 14.2 Å². The zero-order chi connectivity index (χ0) is 12.7. The minimum Gasteiger partial charge on any atom is -0.392 e. The molecule has 0 aliphatic carbocycles. The molecule has 2 aliphatic rings. The summed E-state index contributed by atoms with van der Waals surface area (Å²) in [6, 6.07) is 4.91. The topological polar surface area (TPSA) is 29.5 Å². The number of fused-ring (bicyclic) bond motifs is 2. The molecule has 4 heteroatoms. The monoisotopic (exact) mass is 270 g/mol. The maximum atomic E-state index is 13.8. The number of benzene rings is 1. The second kappa shape index (κ2) is 4.80. The average Bonchev–Trinajstić information content (AvgIpc) is 2.97. The molecule has 1 aromatic carbocycles. The van der Waals surface area contributed by atoms with Crippen LogP contribution in [0.15, 0.2) is 18.2 Å². The summed E-state index contributed by atoms with van der Waals surface area (Å²) in [5.41, 5.74) is 0.484. The Hall–Kier alpha value is -0.640. The number of aliphatic hydroxyl groups is 1. The van der Waals surface area contributed by atoms with Gasteiger partial charge in [-0.25, -0.2) is 4.39 Å². The Kier molecular flexibility index (Phi) is 3.31. The van der Waals surface area contributed by atoms with Gasteiger partial charge in [-0.2, -0.15) is 0 Å². The van der Waals surface area contributed by atoms with Gasteiger partial charge in [0.15, 0.2) is 0 Å². The molecule has 4 unspecified atom stereocenters. The first-order valence-corrected chi connectivity index (χ1v) is 6.79. The first-order chi connectivity index (χ1) is 8.65. The van der Waals surface area contributed by atoms with Crippen molar-refractivity contribution in [2.24, 2.45) is 5.92 Å². The zero-order valence-corrected chi connectivity index (χ0v) is 10.7. The van der Waals surface area contributed by atoms with Crippen LogP contribution >= 0.6 is 11.6 Å². The van der Waals surface area contributed by atoms with E-state index in [1.54, 1.807) is 12.1 Å².